The first-order chi connectivity index (χ1) is 11.5. The number of benzene rings is 2. The van der Waals surface area contributed by atoms with E-state index in [1.807, 2.05) is 39.0 Å². The van der Waals surface area contributed by atoms with Gasteiger partial charge >= 0.3 is 5.97 Å². The molecule has 5 heteroatoms. The molecule has 5 nitrogen and oxygen atoms in total. The summed E-state index contributed by atoms with van der Waals surface area (Å²) in [5.74, 6) is -0.248. The van der Waals surface area contributed by atoms with Crippen LogP contribution in [-0.2, 0) is 9.53 Å². The van der Waals surface area contributed by atoms with Crippen molar-refractivity contribution in [2.45, 2.75) is 26.9 Å². The number of aryl methyl sites for hydroxylation is 1. The summed E-state index contributed by atoms with van der Waals surface area (Å²) >= 11 is 0. The molecular formula is C19H21NO4. The molecule has 0 aliphatic heterocycles. The highest BCUT2D eigenvalue weighted by Crippen LogP contribution is 2.15. The Kier molecular flexibility index (Phi) is 5.95. The van der Waals surface area contributed by atoms with Crippen molar-refractivity contribution in [2.24, 2.45) is 0 Å². The van der Waals surface area contributed by atoms with Gasteiger partial charge in [0.2, 0.25) is 0 Å². The van der Waals surface area contributed by atoms with Gasteiger partial charge in [0.1, 0.15) is 5.75 Å². The van der Waals surface area contributed by atoms with E-state index in [4.69, 9.17) is 9.47 Å². The lowest BCUT2D eigenvalue weighted by molar-refractivity contribution is -0.119. The minimum Gasteiger partial charge on any atom is -0.491 e. The lowest BCUT2D eigenvalue weighted by Crippen LogP contribution is -2.21. The number of anilines is 1. The summed E-state index contributed by atoms with van der Waals surface area (Å²) in [6.45, 7) is 5.41. The second kappa shape index (κ2) is 8.15. The van der Waals surface area contributed by atoms with Gasteiger partial charge < -0.3 is 14.8 Å². The van der Waals surface area contributed by atoms with Crippen molar-refractivity contribution in [1.82, 2.24) is 0 Å². The molecule has 0 saturated heterocycles. The highest BCUT2D eigenvalue weighted by molar-refractivity contribution is 5.95. The largest absolute Gasteiger partial charge is 0.491 e. The van der Waals surface area contributed by atoms with E-state index < -0.39 is 5.97 Å². The minimum absolute atomic E-state index is 0.0629. The molecule has 0 aromatic heterocycles. The van der Waals surface area contributed by atoms with Crippen LogP contribution in [0.5, 0.6) is 5.75 Å². The number of ether oxygens (including phenoxy) is 2. The molecule has 24 heavy (non-hydrogen) atoms. The van der Waals surface area contributed by atoms with Crippen LogP contribution in [-0.4, -0.2) is 24.6 Å². The van der Waals surface area contributed by atoms with E-state index in [0.717, 1.165) is 5.56 Å². The van der Waals surface area contributed by atoms with Crippen LogP contribution in [0.4, 0.5) is 5.69 Å². The average Bonchev–Trinajstić information content (AvgIpc) is 2.55. The Morgan fingerprint density at radius 3 is 2.33 bits per heavy atom. The zero-order valence-electron chi connectivity index (χ0n) is 14.0. The fourth-order valence-electron chi connectivity index (χ4n) is 2.06. The van der Waals surface area contributed by atoms with Gasteiger partial charge in [0.25, 0.3) is 5.91 Å². The first kappa shape index (κ1) is 17.5. The number of nitrogens with one attached hydrogen (secondary N) is 1. The van der Waals surface area contributed by atoms with Crippen LogP contribution in [0.3, 0.4) is 0 Å². The van der Waals surface area contributed by atoms with Gasteiger partial charge in [0.15, 0.2) is 6.61 Å². The summed E-state index contributed by atoms with van der Waals surface area (Å²) in [6, 6.07) is 14.0. The number of hydrogen-bond acceptors (Lipinski definition) is 4. The van der Waals surface area contributed by atoms with E-state index in [1.165, 1.54) is 0 Å². The molecule has 2 aromatic rings. The van der Waals surface area contributed by atoms with Crippen molar-refractivity contribution in [3.05, 3.63) is 59.7 Å². The molecule has 0 unspecified atom stereocenters. The molecule has 0 spiro atoms. The first-order valence-corrected chi connectivity index (χ1v) is 7.75. The van der Waals surface area contributed by atoms with Crippen LogP contribution in [0.15, 0.2) is 48.5 Å². The van der Waals surface area contributed by atoms with E-state index >= 15 is 0 Å². The average molecular weight is 327 g/mol. The van der Waals surface area contributed by atoms with Gasteiger partial charge in [-0.25, -0.2) is 4.79 Å². The predicted molar refractivity (Wildman–Crippen MR) is 92.3 cm³/mol. The standard InChI is InChI=1S/C19H21NO4/c1-13(2)24-16-10-8-15(9-11-16)19(22)23-12-18(21)20-17-7-5-4-6-14(17)3/h4-11,13H,12H2,1-3H3,(H,20,21). The molecular weight excluding hydrogens is 306 g/mol. The molecule has 0 bridgehead atoms. The van der Waals surface area contributed by atoms with Crippen molar-refractivity contribution < 1.29 is 19.1 Å². The Hall–Kier alpha value is -2.82. The molecule has 2 rings (SSSR count). The van der Waals surface area contributed by atoms with Crippen LogP contribution in [0, 0.1) is 6.92 Å². The van der Waals surface area contributed by atoms with E-state index in [0.29, 0.717) is 17.0 Å². The summed E-state index contributed by atoms with van der Waals surface area (Å²) in [4.78, 5) is 23.8. The first-order valence-electron chi connectivity index (χ1n) is 7.75. The maximum Gasteiger partial charge on any atom is 0.338 e. The third kappa shape index (κ3) is 5.12. The summed E-state index contributed by atoms with van der Waals surface area (Å²) in [5.41, 5.74) is 2.02. The molecule has 0 atom stereocenters. The fourth-order valence-corrected chi connectivity index (χ4v) is 2.06. The van der Waals surface area contributed by atoms with E-state index in [9.17, 15) is 9.59 Å². The van der Waals surface area contributed by atoms with Crippen molar-refractivity contribution in [3.8, 4) is 5.75 Å². The Morgan fingerprint density at radius 1 is 1.04 bits per heavy atom. The van der Waals surface area contributed by atoms with Crippen LogP contribution >= 0.6 is 0 Å². The normalized spacial score (nSPS) is 10.3. The van der Waals surface area contributed by atoms with Crippen LogP contribution in [0.2, 0.25) is 0 Å². The predicted octanol–water partition coefficient (Wildman–Crippen LogP) is 3.58. The lowest BCUT2D eigenvalue weighted by Gasteiger charge is -2.10. The zero-order chi connectivity index (χ0) is 17.5. The van der Waals surface area contributed by atoms with Crippen molar-refractivity contribution in [2.75, 3.05) is 11.9 Å². The van der Waals surface area contributed by atoms with Gasteiger partial charge in [0, 0.05) is 5.69 Å². The molecule has 0 aliphatic rings. The summed E-state index contributed by atoms with van der Waals surface area (Å²) in [6.07, 6.45) is 0.0629. The lowest BCUT2D eigenvalue weighted by atomic mass is 10.2. The van der Waals surface area contributed by atoms with E-state index in [2.05, 4.69) is 5.32 Å². The summed E-state index contributed by atoms with van der Waals surface area (Å²) in [7, 11) is 0. The Bertz CT molecular complexity index is 708. The van der Waals surface area contributed by atoms with Gasteiger partial charge in [-0.15, -0.1) is 0 Å². The topological polar surface area (TPSA) is 64.6 Å². The van der Waals surface area contributed by atoms with Gasteiger partial charge in [-0.1, -0.05) is 18.2 Å². The smallest absolute Gasteiger partial charge is 0.338 e. The van der Waals surface area contributed by atoms with Gasteiger partial charge in [-0.3, -0.25) is 4.79 Å². The van der Waals surface area contributed by atoms with E-state index in [-0.39, 0.29) is 18.6 Å². The molecule has 2 aromatic carbocycles. The molecule has 0 heterocycles. The second-order valence-corrected chi connectivity index (χ2v) is 5.63. The molecule has 0 fully saturated rings. The van der Waals surface area contributed by atoms with Crippen LogP contribution in [0.25, 0.3) is 0 Å². The highest BCUT2D eigenvalue weighted by atomic mass is 16.5. The minimum atomic E-state index is -0.550. The zero-order valence-corrected chi connectivity index (χ0v) is 14.0. The third-order valence-corrected chi connectivity index (χ3v) is 3.22. The van der Waals surface area contributed by atoms with Crippen LogP contribution in [0.1, 0.15) is 29.8 Å². The number of carbonyl (C=O) groups is 2. The second-order valence-electron chi connectivity index (χ2n) is 5.63. The number of rotatable bonds is 6. The fraction of sp³-hybridized carbons (Fsp3) is 0.263. The molecule has 0 aliphatic carbocycles. The highest BCUT2D eigenvalue weighted by Gasteiger charge is 2.11. The number of amides is 1. The number of para-hydroxylation sites is 1. The van der Waals surface area contributed by atoms with Crippen molar-refractivity contribution in [3.63, 3.8) is 0 Å². The van der Waals surface area contributed by atoms with Crippen LogP contribution < -0.4 is 10.1 Å². The van der Waals surface area contributed by atoms with E-state index in [1.54, 1.807) is 30.3 Å². The van der Waals surface area contributed by atoms with Gasteiger partial charge in [-0.05, 0) is 56.7 Å². The molecule has 1 N–H and O–H groups in total. The van der Waals surface area contributed by atoms with Gasteiger partial charge in [0.05, 0.1) is 11.7 Å². The molecule has 1 amide bonds. The maximum absolute atomic E-state index is 12.0. The SMILES string of the molecule is Cc1ccccc1NC(=O)COC(=O)c1ccc(OC(C)C)cc1. The quantitative estimate of drug-likeness (QED) is 0.824. The molecule has 0 saturated carbocycles. The summed E-state index contributed by atoms with van der Waals surface area (Å²) in [5, 5.41) is 2.71. The molecule has 126 valence electrons. The Labute approximate surface area is 141 Å². The number of hydrogen-bond donors (Lipinski definition) is 1. The van der Waals surface area contributed by atoms with Crippen molar-refractivity contribution in [1.29, 1.82) is 0 Å². The monoisotopic (exact) mass is 327 g/mol. The Balaban J connectivity index is 1.86. The van der Waals surface area contributed by atoms with Crippen molar-refractivity contribution >= 4 is 17.6 Å². The van der Waals surface area contributed by atoms with Gasteiger partial charge in [-0.2, -0.15) is 0 Å². The number of carbonyl (C=O) groups excluding carboxylic acids is 2. The Morgan fingerprint density at radius 2 is 1.71 bits per heavy atom. The summed E-state index contributed by atoms with van der Waals surface area (Å²) < 4.78 is 10.5. The third-order valence-electron chi connectivity index (χ3n) is 3.22. The number of esters is 1. The molecule has 0 radical (unpaired) electrons. The maximum atomic E-state index is 12.0.